The highest BCUT2D eigenvalue weighted by Gasteiger charge is 2.05. The quantitative estimate of drug-likeness (QED) is 0.760. The molecule has 1 aromatic carbocycles. The van der Waals surface area contributed by atoms with Gasteiger partial charge in [0.2, 0.25) is 0 Å². The second-order valence-electron chi connectivity index (χ2n) is 4.36. The topological polar surface area (TPSA) is 43.8 Å². The van der Waals surface area contributed by atoms with Gasteiger partial charge in [0.1, 0.15) is 0 Å². The van der Waals surface area contributed by atoms with Crippen LogP contribution in [0.3, 0.4) is 0 Å². The number of hydrogen-bond acceptors (Lipinski definition) is 2. The Morgan fingerprint density at radius 3 is 2.83 bits per heavy atom. The Bertz CT molecular complexity index is 656. The smallest absolute Gasteiger partial charge is 0.0528 e. The number of para-hydroxylation sites is 1. The highest BCUT2D eigenvalue weighted by Crippen LogP contribution is 2.21. The lowest BCUT2D eigenvalue weighted by Crippen LogP contribution is -2.03. The molecule has 2 heterocycles. The minimum Gasteiger partial charge on any atom is -0.343 e. The molecule has 0 bridgehead atoms. The van der Waals surface area contributed by atoms with Crippen LogP contribution in [0.25, 0.3) is 10.9 Å². The molecule has 0 atom stereocenters. The summed E-state index contributed by atoms with van der Waals surface area (Å²) in [5.41, 5.74) is 9.42. The van der Waals surface area contributed by atoms with Crippen LogP contribution in [0.4, 0.5) is 0 Å². The first kappa shape index (κ1) is 11.0. The third-order valence-electron chi connectivity index (χ3n) is 3.17. The first-order valence-electron chi connectivity index (χ1n) is 6.04. The van der Waals surface area contributed by atoms with E-state index in [4.69, 9.17) is 5.73 Å². The predicted molar refractivity (Wildman–Crippen MR) is 73.2 cm³/mol. The average molecular weight is 237 g/mol. The molecule has 0 fully saturated rings. The molecule has 0 saturated heterocycles. The van der Waals surface area contributed by atoms with Gasteiger partial charge in [-0.05, 0) is 28.6 Å². The van der Waals surface area contributed by atoms with Crippen LogP contribution in [-0.4, -0.2) is 9.55 Å². The van der Waals surface area contributed by atoms with E-state index in [2.05, 4.69) is 46.1 Å². The van der Waals surface area contributed by atoms with E-state index < -0.39 is 0 Å². The van der Waals surface area contributed by atoms with E-state index in [1.165, 1.54) is 22.0 Å². The van der Waals surface area contributed by atoms with Crippen molar-refractivity contribution in [2.75, 3.05) is 0 Å². The zero-order valence-electron chi connectivity index (χ0n) is 10.1. The summed E-state index contributed by atoms with van der Waals surface area (Å²) in [6.45, 7) is 1.39. The van der Waals surface area contributed by atoms with Gasteiger partial charge in [0.05, 0.1) is 5.52 Å². The molecule has 3 rings (SSSR count). The van der Waals surface area contributed by atoms with Crippen LogP contribution in [0.5, 0.6) is 0 Å². The Balaban J connectivity index is 2.07. The van der Waals surface area contributed by atoms with Crippen LogP contribution >= 0.6 is 0 Å². The van der Waals surface area contributed by atoms with Gasteiger partial charge < -0.3 is 10.3 Å². The number of aromatic nitrogens is 2. The summed E-state index contributed by atoms with van der Waals surface area (Å²) in [6.07, 6.45) is 5.80. The molecule has 90 valence electrons. The number of hydrogen-bond donors (Lipinski definition) is 1. The van der Waals surface area contributed by atoms with E-state index >= 15 is 0 Å². The van der Waals surface area contributed by atoms with Gasteiger partial charge in [0, 0.05) is 31.7 Å². The van der Waals surface area contributed by atoms with E-state index in [1.54, 1.807) is 6.20 Å². The van der Waals surface area contributed by atoms with Crippen molar-refractivity contribution < 1.29 is 0 Å². The Hall–Kier alpha value is -2.13. The minimum absolute atomic E-state index is 0.564. The SMILES string of the molecule is NCc1cccc2ccn(Cc3cccnc3)c12. The van der Waals surface area contributed by atoms with Gasteiger partial charge in [-0.25, -0.2) is 0 Å². The number of fused-ring (bicyclic) bond motifs is 1. The third kappa shape index (κ3) is 1.89. The van der Waals surface area contributed by atoms with E-state index in [0.717, 1.165) is 6.54 Å². The van der Waals surface area contributed by atoms with Gasteiger partial charge in [-0.3, -0.25) is 4.98 Å². The molecule has 3 heteroatoms. The molecule has 2 aromatic heterocycles. The van der Waals surface area contributed by atoms with Crippen molar-refractivity contribution in [2.45, 2.75) is 13.1 Å². The highest BCUT2D eigenvalue weighted by molar-refractivity contribution is 5.83. The predicted octanol–water partition coefficient (Wildman–Crippen LogP) is 2.54. The Kier molecular flexibility index (Phi) is 2.82. The molecule has 3 aromatic rings. The fourth-order valence-corrected chi connectivity index (χ4v) is 2.33. The maximum atomic E-state index is 5.81. The van der Waals surface area contributed by atoms with Crippen molar-refractivity contribution in [3.05, 3.63) is 66.1 Å². The summed E-state index contributed by atoms with van der Waals surface area (Å²) >= 11 is 0. The van der Waals surface area contributed by atoms with Crippen molar-refractivity contribution in [3.8, 4) is 0 Å². The number of nitrogens with two attached hydrogens (primary N) is 1. The van der Waals surface area contributed by atoms with Crippen molar-refractivity contribution in [1.82, 2.24) is 9.55 Å². The van der Waals surface area contributed by atoms with Crippen molar-refractivity contribution in [3.63, 3.8) is 0 Å². The molecule has 2 N–H and O–H groups in total. The lowest BCUT2D eigenvalue weighted by Gasteiger charge is -2.08. The van der Waals surface area contributed by atoms with Crippen LogP contribution in [0.15, 0.2) is 55.0 Å². The molecule has 3 nitrogen and oxygen atoms in total. The Morgan fingerprint density at radius 1 is 1.11 bits per heavy atom. The van der Waals surface area contributed by atoms with Crippen LogP contribution in [0.1, 0.15) is 11.1 Å². The van der Waals surface area contributed by atoms with Crippen LogP contribution < -0.4 is 5.73 Å². The normalized spacial score (nSPS) is 10.9. The summed E-state index contributed by atoms with van der Waals surface area (Å²) in [5, 5.41) is 1.24. The summed E-state index contributed by atoms with van der Waals surface area (Å²) in [5.74, 6) is 0. The monoisotopic (exact) mass is 237 g/mol. The molecule has 0 spiro atoms. The van der Waals surface area contributed by atoms with Crippen LogP contribution in [-0.2, 0) is 13.1 Å². The fourth-order valence-electron chi connectivity index (χ4n) is 2.33. The summed E-state index contributed by atoms with van der Waals surface area (Å²) in [4.78, 5) is 4.15. The average Bonchev–Trinajstić information content (AvgIpc) is 2.83. The van der Waals surface area contributed by atoms with E-state index in [-0.39, 0.29) is 0 Å². The molecule has 0 saturated carbocycles. The van der Waals surface area contributed by atoms with Crippen LogP contribution in [0.2, 0.25) is 0 Å². The number of nitrogens with zero attached hydrogens (tertiary/aromatic N) is 2. The largest absolute Gasteiger partial charge is 0.343 e. The molecular weight excluding hydrogens is 222 g/mol. The summed E-state index contributed by atoms with van der Waals surface area (Å²) in [7, 11) is 0. The Morgan fingerprint density at radius 2 is 2.06 bits per heavy atom. The van der Waals surface area contributed by atoms with Crippen molar-refractivity contribution in [1.29, 1.82) is 0 Å². The number of rotatable bonds is 3. The first-order valence-corrected chi connectivity index (χ1v) is 6.04. The molecule has 18 heavy (non-hydrogen) atoms. The van der Waals surface area contributed by atoms with Gasteiger partial charge in [-0.1, -0.05) is 24.3 Å². The standard InChI is InChI=1S/C15H15N3/c16-9-14-5-1-4-13-6-8-18(15(13)14)11-12-3-2-7-17-10-12/h1-8,10H,9,11,16H2. The zero-order chi connectivity index (χ0) is 12.4. The molecule has 0 radical (unpaired) electrons. The first-order chi connectivity index (χ1) is 8.88. The van der Waals surface area contributed by atoms with Gasteiger partial charge in [-0.15, -0.1) is 0 Å². The lowest BCUT2D eigenvalue weighted by atomic mass is 10.1. The second kappa shape index (κ2) is 4.63. The van der Waals surface area contributed by atoms with Crippen molar-refractivity contribution >= 4 is 10.9 Å². The molecule has 0 amide bonds. The molecular formula is C15H15N3. The van der Waals surface area contributed by atoms with Gasteiger partial charge in [-0.2, -0.15) is 0 Å². The molecule has 0 aliphatic heterocycles. The molecule has 0 aliphatic rings. The summed E-state index contributed by atoms with van der Waals surface area (Å²) in [6, 6.07) is 12.4. The van der Waals surface area contributed by atoms with Gasteiger partial charge >= 0.3 is 0 Å². The molecule has 0 aliphatic carbocycles. The lowest BCUT2D eigenvalue weighted by molar-refractivity contribution is 0.825. The van der Waals surface area contributed by atoms with Crippen LogP contribution in [0, 0.1) is 0 Å². The second-order valence-corrected chi connectivity index (χ2v) is 4.36. The maximum absolute atomic E-state index is 5.81. The third-order valence-corrected chi connectivity index (χ3v) is 3.17. The summed E-state index contributed by atoms with van der Waals surface area (Å²) < 4.78 is 2.23. The van der Waals surface area contributed by atoms with Crippen molar-refractivity contribution in [2.24, 2.45) is 5.73 Å². The number of pyridine rings is 1. The molecule has 0 unspecified atom stereocenters. The zero-order valence-corrected chi connectivity index (χ0v) is 10.1. The highest BCUT2D eigenvalue weighted by atomic mass is 15.0. The Labute approximate surface area is 106 Å². The van der Waals surface area contributed by atoms with E-state index in [1.807, 2.05) is 12.3 Å². The maximum Gasteiger partial charge on any atom is 0.0528 e. The fraction of sp³-hybridized carbons (Fsp3) is 0.133. The van der Waals surface area contributed by atoms with E-state index in [9.17, 15) is 0 Å². The van der Waals surface area contributed by atoms with Gasteiger partial charge in [0.15, 0.2) is 0 Å². The van der Waals surface area contributed by atoms with Gasteiger partial charge in [0.25, 0.3) is 0 Å². The minimum atomic E-state index is 0.564. The van der Waals surface area contributed by atoms with E-state index in [0.29, 0.717) is 6.54 Å². The number of benzene rings is 1.